The number of benzene rings is 2. The number of hydrogen-bond donors (Lipinski definition) is 2. The normalized spacial score (nSPS) is 9.91. The van der Waals surface area contributed by atoms with Crippen molar-refractivity contribution in [2.24, 2.45) is 0 Å². The van der Waals surface area contributed by atoms with Gasteiger partial charge in [0.25, 0.3) is 0 Å². The van der Waals surface area contributed by atoms with Crippen LogP contribution in [0.1, 0.15) is 0 Å². The van der Waals surface area contributed by atoms with Crippen molar-refractivity contribution in [3.63, 3.8) is 0 Å². The van der Waals surface area contributed by atoms with E-state index in [1.165, 1.54) is 19.2 Å². The largest absolute Gasteiger partial charge is 0.494 e. The van der Waals surface area contributed by atoms with Gasteiger partial charge in [-0.15, -0.1) is 0 Å². The van der Waals surface area contributed by atoms with Crippen LogP contribution in [0.25, 0.3) is 0 Å². The summed E-state index contributed by atoms with van der Waals surface area (Å²) in [6.07, 6.45) is 0. The van der Waals surface area contributed by atoms with E-state index in [9.17, 15) is 4.39 Å². The van der Waals surface area contributed by atoms with Gasteiger partial charge in [-0.3, -0.25) is 0 Å². The van der Waals surface area contributed by atoms with Gasteiger partial charge in [-0.1, -0.05) is 0 Å². The molecule has 0 bridgehead atoms. The van der Waals surface area contributed by atoms with E-state index in [0.29, 0.717) is 28.0 Å². The van der Waals surface area contributed by atoms with Gasteiger partial charge in [0.15, 0.2) is 28.2 Å². The molecule has 0 unspecified atom stereocenters. The summed E-state index contributed by atoms with van der Waals surface area (Å²) in [5.41, 5.74) is 1.23. The lowest BCUT2D eigenvalue weighted by atomic mass is 10.2. The van der Waals surface area contributed by atoms with Crippen LogP contribution >= 0.6 is 12.2 Å². The fourth-order valence-corrected chi connectivity index (χ4v) is 2.19. The first-order valence-electron chi connectivity index (χ1n) is 6.71. The van der Waals surface area contributed by atoms with E-state index in [4.69, 9.17) is 26.4 Å². The van der Waals surface area contributed by atoms with E-state index in [1.54, 1.807) is 38.5 Å². The zero-order valence-electron chi connectivity index (χ0n) is 13.0. The minimum Gasteiger partial charge on any atom is -0.494 e. The van der Waals surface area contributed by atoms with Crippen molar-refractivity contribution < 1.29 is 18.6 Å². The van der Waals surface area contributed by atoms with Gasteiger partial charge in [0.1, 0.15) is 0 Å². The molecule has 2 rings (SSSR count). The Bertz CT molecular complexity index is 710. The lowest BCUT2D eigenvalue weighted by molar-refractivity contribution is 0.355. The molecule has 0 aliphatic carbocycles. The predicted molar refractivity (Wildman–Crippen MR) is 92.3 cm³/mol. The third kappa shape index (κ3) is 4.23. The molecule has 5 nitrogen and oxygen atoms in total. The SMILES string of the molecule is COc1ccc(NC(=S)Nc2ccc(OC)c(OC)c2)cc1F. The Morgan fingerprint density at radius 3 is 1.87 bits per heavy atom. The smallest absolute Gasteiger partial charge is 0.175 e. The molecule has 0 spiro atoms. The number of rotatable bonds is 5. The zero-order chi connectivity index (χ0) is 16.8. The first-order chi connectivity index (χ1) is 11.1. The summed E-state index contributed by atoms with van der Waals surface area (Å²) in [4.78, 5) is 0. The molecule has 0 saturated carbocycles. The molecule has 2 aromatic rings. The molecule has 0 saturated heterocycles. The van der Waals surface area contributed by atoms with Crippen LogP contribution in [0.15, 0.2) is 36.4 Å². The maximum atomic E-state index is 13.7. The number of ether oxygens (including phenoxy) is 3. The van der Waals surface area contributed by atoms with Crippen LogP contribution in [0.3, 0.4) is 0 Å². The van der Waals surface area contributed by atoms with Crippen molar-refractivity contribution >= 4 is 28.7 Å². The van der Waals surface area contributed by atoms with Gasteiger partial charge in [0, 0.05) is 23.5 Å². The van der Waals surface area contributed by atoms with Gasteiger partial charge in [-0.05, 0) is 36.5 Å². The second kappa shape index (κ2) is 7.64. The van der Waals surface area contributed by atoms with Crippen LogP contribution in [0.5, 0.6) is 17.2 Å². The molecule has 0 amide bonds. The van der Waals surface area contributed by atoms with Gasteiger partial charge in [-0.25, -0.2) is 4.39 Å². The first kappa shape index (κ1) is 16.8. The van der Waals surface area contributed by atoms with Gasteiger partial charge in [0.05, 0.1) is 21.3 Å². The Labute approximate surface area is 139 Å². The number of thiocarbonyl (C=S) groups is 1. The number of anilines is 2. The standard InChI is InChI=1S/C16H17FN2O3S/c1-20-13-6-4-10(8-12(13)17)18-16(23)19-11-5-7-14(21-2)15(9-11)22-3/h4-9H,1-3H3,(H2,18,19,23). The Kier molecular flexibility index (Phi) is 5.59. The lowest BCUT2D eigenvalue weighted by Gasteiger charge is -2.13. The molecular formula is C16H17FN2O3S. The summed E-state index contributed by atoms with van der Waals surface area (Å²) >= 11 is 5.22. The van der Waals surface area contributed by atoms with Crippen LogP contribution < -0.4 is 24.8 Å². The Morgan fingerprint density at radius 2 is 1.35 bits per heavy atom. The monoisotopic (exact) mass is 336 g/mol. The van der Waals surface area contributed by atoms with Crippen molar-refractivity contribution in [2.75, 3.05) is 32.0 Å². The van der Waals surface area contributed by atoms with Crippen LogP contribution in [0.4, 0.5) is 15.8 Å². The van der Waals surface area contributed by atoms with Gasteiger partial charge >= 0.3 is 0 Å². The number of halogens is 1. The highest BCUT2D eigenvalue weighted by molar-refractivity contribution is 7.80. The lowest BCUT2D eigenvalue weighted by Crippen LogP contribution is -2.19. The van der Waals surface area contributed by atoms with Crippen molar-refractivity contribution in [2.45, 2.75) is 0 Å². The summed E-state index contributed by atoms with van der Waals surface area (Å²) in [5.74, 6) is 0.908. The fourth-order valence-electron chi connectivity index (χ4n) is 1.95. The number of methoxy groups -OCH3 is 3. The van der Waals surface area contributed by atoms with E-state index in [-0.39, 0.29) is 5.75 Å². The molecule has 2 aromatic carbocycles. The number of hydrogen-bond acceptors (Lipinski definition) is 4. The van der Waals surface area contributed by atoms with Crippen LogP contribution in [-0.4, -0.2) is 26.4 Å². The summed E-state index contributed by atoms with van der Waals surface area (Å²) in [6, 6.07) is 9.81. The van der Waals surface area contributed by atoms with Crippen LogP contribution in [0, 0.1) is 5.82 Å². The molecule has 0 aliphatic heterocycles. The van der Waals surface area contributed by atoms with Crippen LogP contribution in [-0.2, 0) is 0 Å². The maximum Gasteiger partial charge on any atom is 0.175 e. The Balaban J connectivity index is 2.06. The van der Waals surface area contributed by atoms with E-state index in [0.717, 1.165) is 0 Å². The van der Waals surface area contributed by atoms with Gasteiger partial charge in [0.2, 0.25) is 0 Å². The third-order valence-electron chi connectivity index (χ3n) is 3.05. The molecule has 7 heteroatoms. The minimum absolute atomic E-state index is 0.175. The molecule has 122 valence electrons. The van der Waals surface area contributed by atoms with Crippen molar-refractivity contribution in [1.29, 1.82) is 0 Å². The van der Waals surface area contributed by atoms with E-state index < -0.39 is 5.82 Å². The quantitative estimate of drug-likeness (QED) is 0.813. The average molecular weight is 336 g/mol. The molecule has 0 atom stereocenters. The summed E-state index contributed by atoms with van der Waals surface area (Å²) in [5, 5.41) is 6.22. The highest BCUT2D eigenvalue weighted by atomic mass is 32.1. The van der Waals surface area contributed by atoms with E-state index in [2.05, 4.69) is 10.6 Å². The fraction of sp³-hybridized carbons (Fsp3) is 0.188. The third-order valence-corrected chi connectivity index (χ3v) is 3.26. The molecule has 0 aromatic heterocycles. The van der Waals surface area contributed by atoms with Crippen molar-refractivity contribution in [1.82, 2.24) is 0 Å². The van der Waals surface area contributed by atoms with Crippen molar-refractivity contribution in [3.8, 4) is 17.2 Å². The van der Waals surface area contributed by atoms with Gasteiger partial charge < -0.3 is 24.8 Å². The summed E-state index contributed by atoms with van der Waals surface area (Å²) in [7, 11) is 4.53. The second-order valence-corrected chi connectivity index (χ2v) is 4.91. The molecule has 2 N–H and O–H groups in total. The minimum atomic E-state index is -0.466. The molecule has 23 heavy (non-hydrogen) atoms. The van der Waals surface area contributed by atoms with E-state index in [1.807, 2.05) is 0 Å². The highest BCUT2D eigenvalue weighted by Crippen LogP contribution is 2.29. The molecule has 0 radical (unpaired) electrons. The molecular weight excluding hydrogens is 319 g/mol. The Hall–Kier alpha value is -2.54. The molecule has 0 aliphatic rings. The highest BCUT2D eigenvalue weighted by Gasteiger charge is 2.07. The predicted octanol–water partition coefficient (Wildman–Crippen LogP) is 3.66. The topological polar surface area (TPSA) is 51.8 Å². The Morgan fingerprint density at radius 1 is 0.826 bits per heavy atom. The van der Waals surface area contributed by atoms with Crippen LogP contribution in [0.2, 0.25) is 0 Å². The summed E-state index contributed by atoms with van der Waals surface area (Å²) < 4.78 is 28.9. The zero-order valence-corrected chi connectivity index (χ0v) is 13.8. The van der Waals surface area contributed by atoms with E-state index >= 15 is 0 Å². The average Bonchev–Trinajstić information content (AvgIpc) is 2.54. The number of nitrogens with one attached hydrogen (secondary N) is 2. The van der Waals surface area contributed by atoms with Crippen molar-refractivity contribution in [3.05, 3.63) is 42.2 Å². The second-order valence-electron chi connectivity index (χ2n) is 4.50. The van der Waals surface area contributed by atoms with Gasteiger partial charge in [-0.2, -0.15) is 0 Å². The molecule has 0 heterocycles. The first-order valence-corrected chi connectivity index (χ1v) is 7.11. The summed E-state index contributed by atoms with van der Waals surface area (Å²) in [6.45, 7) is 0. The maximum absolute atomic E-state index is 13.7. The molecule has 0 fully saturated rings.